The minimum absolute atomic E-state index is 1.21. The molecular weight excluding hydrogens is 625 g/mol. The van der Waals surface area contributed by atoms with E-state index in [1.165, 1.54) is 98.7 Å². The number of allylic oxidation sites excluding steroid dienone is 4. The minimum Gasteiger partial charge on any atom is -0.0871 e. The fourth-order valence-corrected chi connectivity index (χ4v) is 8.10. The lowest BCUT2D eigenvalue weighted by Crippen LogP contribution is -1.95. The summed E-state index contributed by atoms with van der Waals surface area (Å²) < 4.78 is 0. The van der Waals surface area contributed by atoms with Gasteiger partial charge < -0.3 is 0 Å². The standard InChI is InChI=1S/C52H38/c1-3-16-35(4-2)39-27-29-46-49(32-39)52(48-34-42(37-19-9-6-10-20-37)31-41-22-12-14-25-44(41)48)50-33-40(36-17-7-5-8-18-36)28-30-47(50)51(46)45-26-15-23-38-21-11-13-24-43(38)45/h3-34H,1-2H3/b16-3-,35-4+. The van der Waals surface area contributed by atoms with E-state index in [2.05, 4.69) is 208 Å². The molecule has 52 heavy (non-hydrogen) atoms. The van der Waals surface area contributed by atoms with Gasteiger partial charge in [-0.1, -0.05) is 170 Å². The molecule has 0 aromatic heterocycles. The predicted octanol–water partition coefficient (Wildman–Crippen LogP) is 14.9. The third-order valence-corrected chi connectivity index (χ3v) is 10.5. The SMILES string of the molecule is C/C=C\C(=C/C)c1ccc2c(-c3cccc4ccccc34)c3ccc(-c4ccccc4)cc3c(-c3cc(-c4ccccc4)cc4ccccc34)c2c1. The average Bonchev–Trinajstić information content (AvgIpc) is 3.21. The van der Waals surface area contributed by atoms with Crippen molar-refractivity contribution in [1.29, 1.82) is 0 Å². The summed E-state index contributed by atoms with van der Waals surface area (Å²) in [5, 5.41) is 9.98. The Bertz CT molecular complexity index is 2830. The number of benzene rings is 9. The highest BCUT2D eigenvalue weighted by molar-refractivity contribution is 6.26. The van der Waals surface area contributed by atoms with Gasteiger partial charge in [-0.25, -0.2) is 0 Å². The van der Waals surface area contributed by atoms with Gasteiger partial charge in [-0.3, -0.25) is 0 Å². The van der Waals surface area contributed by atoms with Crippen LogP contribution in [0.3, 0.4) is 0 Å². The Balaban J connectivity index is 1.51. The van der Waals surface area contributed by atoms with Gasteiger partial charge in [-0.15, -0.1) is 0 Å². The van der Waals surface area contributed by atoms with Crippen LogP contribution >= 0.6 is 0 Å². The molecule has 0 radical (unpaired) electrons. The Kier molecular flexibility index (Phi) is 8.07. The highest BCUT2D eigenvalue weighted by Crippen LogP contribution is 2.49. The number of fused-ring (bicyclic) bond motifs is 4. The first kappa shape index (κ1) is 31.5. The molecule has 0 nitrogen and oxygen atoms in total. The van der Waals surface area contributed by atoms with Crippen molar-refractivity contribution in [3.63, 3.8) is 0 Å². The van der Waals surface area contributed by atoms with Crippen molar-refractivity contribution in [3.05, 3.63) is 200 Å². The highest BCUT2D eigenvalue weighted by Gasteiger charge is 2.21. The van der Waals surface area contributed by atoms with Crippen LogP contribution in [0, 0.1) is 0 Å². The van der Waals surface area contributed by atoms with Crippen LogP contribution in [-0.4, -0.2) is 0 Å². The molecule has 0 heterocycles. The van der Waals surface area contributed by atoms with Crippen molar-refractivity contribution >= 4 is 48.7 Å². The topological polar surface area (TPSA) is 0 Å². The van der Waals surface area contributed by atoms with Crippen LogP contribution < -0.4 is 0 Å². The Morgan fingerprint density at radius 3 is 1.65 bits per heavy atom. The Morgan fingerprint density at radius 2 is 0.942 bits per heavy atom. The van der Waals surface area contributed by atoms with Gasteiger partial charge in [0.15, 0.2) is 0 Å². The molecule has 0 saturated heterocycles. The van der Waals surface area contributed by atoms with Gasteiger partial charge in [0.2, 0.25) is 0 Å². The lowest BCUT2D eigenvalue weighted by Gasteiger charge is -2.22. The molecule has 0 spiro atoms. The second-order valence-corrected chi connectivity index (χ2v) is 13.5. The summed E-state index contributed by atoms with van der Waals surface area (Å²) >= 11 is 0. The largest absolute Gasteiger partial charge is 0.0871 e. The quantitative estimate of drug-likeness (QED) is 0.123. The molecule has 9 rings (SSSR count). The molecule has 0 unspecified atom stereocenters. The highest BCUT2D eigenvalue weighted by atomic mass is 14.2. The van der Waals surface area contributed by atoms with E-state index in [4.69, 9.17) is 0 Å². The zero-order chi connectivity index (χ0) is 35.0. The molecule has 0 fully saturated rings. The smallest absolute Gasteiger partial charge is 0.00195 e. The first-order valence-electron chi connectivity index (χ1n) is 18.2. The normalized spacial score (nSPS) is 12.1. The zero-order valence-corrected chi connectivity index (χ0v) is 29.5. The molecule has 0 atom stereocenters. The van der Waals surface area contributed by atoms with Gasteiger partial charge in [0.1, 0.15) is 0 Å². The van der Waals surface area contributed by atoms with Gasteiger partial charge in [-0.2, -0.15) is 0 Å². The van der Waals surface area contributed by atoms with Crippen LogP contribution in [0.4, 0.5) is 0 Å². The van der Waals surface area contributed by atoms with Crippen LogP contribution in [0.15, 0.2) is 194 Å². The molecule has 0 bridgehead atoms. The van der Waals surface area contributed by atoms with E-state index in [0.717, 1.165) is 0 Å². The van der Waals surface area contributed by atoms with Crippen molar-refractivity contribution in [2.45, 2.75) is 13.8 Å². The fraction of sp³-hybridized carbons (Fsp3) is 0.0385. The molecule has 0 heteroatoms. The van der Waals surface area contributed by atoms with Crippen LogP contribution in [0.2, 0.25) is 0 Å². The first-order valence-corrected chi connectivity index (χ1v) is 18.2. The molecule has 9 aromatic rings. The minimum atomic E-state index is 1.21. The Hall–Kier alpha value is -6.50. The summed E-state index contributed by atoms with van der Waals surface area (Å²) in [5.41, 5.74) is 12.3. The maximum atomic E-state index is 2.44. The third kappa shape index (κ3) is 5.41. The van der Waals surface area contributed by atoms with E-state index < -0.39 is 0 Å². The predicted molar refractivity (Wildman–Crippen MR) is 227 cm³/mol. The first-order chi connectivity index (χ1) is 25.7. The second kappa shape index (κ2) is 13.3. The van der Waals surface area contributed by atoms with Crippen molar-refractivity contribution < 1.29 is 0 Å². The van der Waals surface area contributed by atoms with Crippen LogP contribution in [0.5, 0.6) is 0 Å². The van der Waals surface area contributed by atoms with E-state index in [1.54, 1.807) is 0 Å². The van der Waals surface area contributed by atoms with E-state index in [-0.39, 0.29) is 0 Å². The summed E-state index contributed by atoms with van der Waals surface area (Å²) in [4.78, 5) is 0. The second-order valence-electron chi connectivity index (χ2n) is 13.5. The van der Waals surface area contributed by atoms with Gasteiger partial charge in [0.05, 0.1) is 0 Å². The fourth-order valence-electron chi connectivity index (χ4n) is 8.10. The van der Waals surface area contributed by atoms with E-state index in [9.17, 15) is 0 Å². The van der Waals surface area contributed by atoms with Gasteiger partial charge >= 0.3 is 0 Å². The molecule has 0 aliphatic rings. The maximum absolute atomic E-state index is 2.44. The van der Waals surface area contributed by atoms with Crippen molar-refractivity contribution in [2.75, 3.05) is 0 Å². The molecule has 246 valence electrons. The number of hydrogen-bond donors (Lipinski definition) is 0. The lowest BCUT2D eigenvalue weighted by atomic mass is 9.81. The molecule has 0 saturated carbocycles. The van der Waals surface area contributed by atoms with E-state index in [1.807, 2.05) is 0 Å². The molecule has 0 aliphatic heterocycles. The summed E-state index contributed by atoms with van der Waals surface area (Å²) in [6, 6.07) is 64.9. The molecular formula is C52H38. The molecule has 9 aromatic carbocycles. The summed E-state index contributed by atoms with van der Waals surface area (Å²) in [6.45, 7) is 4.22. The van der Waals surface area contributed by atoms with Crippen molar-refractivity contribution in [3.8, 4) is 44.5 Å². The lowest BCUT2D eigenvalue weighted by molar-refractivity contribution is 1.60. The average molecular weight is 663 g/mol. The zero-order valence-electron chi connectivity index (χ0n) is 29.5. The molecule has 0 N–H and O–H groups in total. The number of hydrogen-bond acceptors (Lipinski definition) is 0. The van der Waals surface area contributed by atoms with E-state index >= 15 is 0 Å². The van der Waals surface area contributed by atoms with Crippen molar-refractivity contribution in [2.24, 2.45) is 0 Å². The third-order valence-electron chi connectivity index (χ3n) is 10.5. The van der Waals surface area contributed by atoms with Crippen LogP contribution in [0.25, 0.3) is 93.2 Å². The Morgan fingerprint density at radius 1 is 0.365 bits per heavy atom. The van der Waals surface area contributed by atoms with Gasteiger partial charge in [0.25, 0.3) is 0 Å². The molecule has 0 aliphatic carbocycles. The van der Waals surface area contributed by atoms with E-state index in [0.29, 0.717) is 0 Å². The van der Waals surface area contributed by atoms with Crippen LogP contribution in [-0.2, 0) is 0 Å². The number of rotatable bonds is 6. The summed E-state index contributed by atoms with van der Waals surface area (Å²) in [7, 11) is 0. The van der Waals surface area contributed by atoms with Crippen LogP contribution in [0.1, 0.15) is 19.4 Å². The van der Waals surface area contributed by atoms with Crippen molar-refractivity contribution in [1.82, 2.24) is 0 Å². The molecule has 0 amide bonds. The van der Waals surface area contributed by atoms with Gasteiger partial charge in [0, 0.05) is 0 Å². The van der Waals surface area contributed by atoms with Gasteiger partial charge in [-0.05, 0) is 137 Å². The monoisotopic (exact) mass is 662 g/mol. The summed E-state index contributed by atoms with van der Waals surface area (Å²) in [5.74, 6) is 0. The summed E-state index contributed by atoms with van der Waals surface area (Å²) in [6.07, 6.45) is 6.56. The maximum Gasteiger partial charge on any atom is -0.00195 e. The Labute approximate surface area is 305 Å².